The van der Waals surface area contributed by atoms with Crippen LogP contribution in [0.25, 0.3) is 0 Å². The Morgan fingerprint density at radius 3 is 1.77 bits per heavy atom. The Morgan fingerprint density at radius 1 is 0.628 bits per heavy atom. The van der Waals surface area contributed by atoms with Gasteiger partial charge in [0, 0.05) is 31.6 Å². The summed E-state index contributed by atoms with van der Waals surface area (Å²) in [6.07, 6.45) is 9.80. The number of carbonyl (C=O) groups excluding carboxylic acids is 3. The zero-order chi connectivity index (χ0) is 31.8. The minimum atomic E-state index is -0.710. The van der Waals surface area contributed by atoms with Crippen LogP contribution in [0.1, 0.15) is 133 Å². The van der Waals surface area contributed by atoms with Crippen LogP contribution in [-0.2, 0) is 28.6 Å². The molecule has 0 spiro atoms. The van der Waals surface area contributed by atoms with Gasteiger partial charge in [-0.15, -0.1) is 0 Å². The Bertz CT molecular complexity index is 1130. The molecule has 0 saturated heterocycles. The summed E-state index contributed by atoms with van der Waals surface area (Å²) in [5.74, 6) is 0.454. The van der Waals surface area contributed by atoms with Crippen molar-refractivity contribution in [2.75, 3.05) is 6.61 Å². The first-order chi connectivity index (χ1) is 19.8. The van der Waals surface area contributed by atoms with E-state index in [-0.39, 0.29) is 70.2 Å². The van der Waals surface area contributed by atoms with Crippen molar-refractivity contribution in [1.29, 1.82) is 0 Å². The normalized spacial score (nSPS) is 48.7. The van der Waals surface area contributed by atoms with E-state index in [1.54, 1.807) is 0 Å². The molecule has 0 heterocycles. The van der Waals surface area contributed by atoms with Crippen molar-refractivity contribution < 1.29 is 33.7 Å². The molecule has 5 rings (SSSR count). The van der Waals surface area contributed by atoms with E-state index in [0.29, 0.717) is 11.8 Å². The lowest BCUT2D eigenvalue weighted by Gasteiger charge is -2.65. The molecule has 0 aromatic rings. The van der Waals surface area contributed by atoms with Gasteiger partial charge in [-0.1, -0.05) is 41.5 Å². The molecular weight excluding hydrogens is 544 g/mol. The zero-order valence-corrected chi connectivity index (χ0v) is 28.3. The van der Waals surface area contributed by atoms with Gasteiger partial charge in [0.05, 0.1) is 5.60 Å². The van der Waals surface area contributed by atoms with E-state index in [0.717, 1.165) is 70.6 Å². The highest BCUT2D eigenvalue weighted by atomic mass is 16.6. The molecular formula is C36H58O7. The summed E-state index contributed by atoms with van der Waals surface area (Å²) in [5, 5.41) is 12.7. The Morgan fingerprint density at radius 2 is 1.16 bits per heavy atom. The number of carbonyl (C=O) groups is 3. The molecule has 244 valence electrons. The molecule has 0 amide bonds. The fraction of sp³-hybridized carbons (Fsp3) is 0.917. The lowest BCUT2D eigenvalue weighted by atomic mass is 9.41. The van der Waals surface area contributed by atoms with E-state index < -0.39 is 11.0 Å². The molecule has 1 N–H and O–H groups in total. The number of esters is 3. The van der Waals surface area contributed by atoms with Crippen molar-refractivity contribution in [3.05, 3.63) is 0 Å². The third kappa shape index (κ3) is 5.16. The molecule has 0 aliphatic heterocycles. The molecule has 43 heavy (non-hydrogen) atoms. The summed E-state index contributed by atoms with van der Waals surface area (Å²) in [7, 11) is 0. The van der Waals surface area contributed by atoms with Crippen molar-refractivity contribution in [3.8, 4) is 0 Å². The van der Waals surface area contributed by atoms with Crippen molar-refractivity contribution >= 4 is 17.9 Å². The minimum Gasteiger partial charge on any atom is -0.465 e. The van der Waals surface area contributed by atoms with Gasteiger partial charge >= 0.3 is 17.9 Å². The second-order valence-corrected chi connectivity index (χ2v) is 17.2. The van der Waals surface area contributed by atoms with Crippen molar-refractivity contribution in [2.24, 2.45) is 50.7 Å². The van der Waals surface area contributed by atoms with Crippen molar-refractivity contribution in [1.82, 2.24) is 0 Å². The molecule has 5 aliphatic rings. The van der Waals surface area contributed by atoms with Gasteiger partial charge in [0.15, 0.2) is 0 Å². The molecule has 7 heteroatoms. The largest absolute Gasteiger partial charge is 0.465 e. The first-order valence-electron chi connectivity index (χ1n) is 17.0. The average Bonchev–Trinajstić information content (AvgIpc) is 3.00. The molecule has 11 unspecified atom stereocenters. The van der Waals surface area contributed by atoms with E-state index in [9.17, 15) is 19.5 Å². The van der Waals surface area contributed by atoms with Crippen LogP contribution in [0.4, 0.5) is 0 Å². The van der Waals surface area contributed by atoms with Gasteiger partial charge < -0.3 is 19.3 Å². The summed E-state index contributed by atoms with van der Waals surface area (Å²) in [6, 6.07) is 0. The predicted octanol–water partition coefficient (Wildman–Crippen LogP) is 7.02. The Kier molecular flexibility index (Phi) is 8.17. The molecule has 0 aromatic carbocycles. The summed E-state index contributed by atoms with van der Waals surface area (Å²) >= 11 is 0. The maximum atomic E-state index is 12.7. The summed E-state index contributed by atoms with van der Waals surface area (Å²) in [4.78, 5) is 36.1. The van der Waals surface area contributed by atoms with Crippen LogP contribution in [0.5, 0.6) is 0 Å². The van der Waals surface area contributed by atoms with E-state index in [1.807, 2.05) is 0 Å². The first kappa shape index (κ1) is 32.8. The van der Waals surface area contributed by atoms with E-state index in [1.165, 1.54) is 20.8 Å². The van der Waals surface area contributed by atoms with Crippen LogP contribution >= 0.6 is 0 Å². The first-order valence-corrected chi connectivity index (χ1v) is 17.0. The van der Waals surface area contributed by atoms with Gasteiger partial charge in [0.1, 0.15) is 18.8 Å². The number of rotatable bonds is 4. The molecule has 5 saturated carbocycles. The highest BCUT2D eigenvalue weighted by molar-refractivity contribution is 5.67. The van der Waals surface area contributed by atoms with Gasteiger partial charge in [0.2, 0.25) is 0 Å². The number of hydrogen-bond donors (Lipinski definition) is 1. The number of fused-ring (bicyclic) bond motifs is 6. The van der Waals surface area contributed by atoms with Gasteiger partial charge in [0.25, 0.3) is 0 Å². The van der Waals surface area contributed by atoms with Gasteiger partial charge in [-0.25, -0.2) is 0 Å². The van der Waals surface area contributed by atoms with E-state index in [4.69, 9.17) is 14.2 Å². The van der Waals surface area contributed by atoms with Crippen LogP contribution < -0.4 is 0 Å². The summed E-state index contributed by atoms with van der Waals surface area (Å²) in [6.45, 7) is 18.8. The minimum absolute atomic E-state index is 0.000972. The van der Waals surface area contributed by atoms with Crippen LogP contribution in [-0.4, -0.2) is 47.4 Å². The van der Waals surface area contributed by atoms with E-state index >= 15 is 0 Å². The van der Waals surface area contributed by atoms with Crippen LogP contribution in [0.15, 0.2) is 0 Å². The Balaban J connectivity index is 1.48. The number of aliphatic hydroxyl groups is 1. The van der Waals surface area contributed by atoms with Crippen LogP contribution in [0.2, 0.25) is 0 Å². The Labute approximate surface area is 259 Å². The Hall–Kier alpha value is -1.63. The molecule has 11 atom stereocenters. The fourth-order valence-corrected chi connectivity index (χ4v) is 12.8. The average molecular weight is 603 g/mol. The molecule has 0 bridgehead atoms. The molecule has 0 radical (unpaired) electrons. The van der Waals surface area contributed by atoms with Crippen LogP contribution in [0, 0.1) is 50.7 Å². The highest BCUT2D eigenvalue weighted by Crippen LogP contribution is 2.72. The van der Waals surface area contributed by atoms with Crippen LogP contribution in [0.3, 0.4) is 0 Å². The highest BCUT2D eigenvalue weighted by Gasteiger charge is 2.68. The fourth-order valence-electron chi connectivity index (χ4n) is 12.8. The summed E-state index contributed by atoms with van der Waals surface area (Å²) in [5.41, 5.74) is -1.36. The van der Waals surface area contributed by atoms with Crippen molar-refractivity contribution in [2.45, 2.75) is 151 Å². The third-order valence-corrected chi connectivity index (χ3v) is 14.4. The van der Waals surface area contributed by atoms with Gasteiger partial charge in [-0.3, -0.25) is 14.4 Å². The topological polar surface area (TPSA) is 99.1 Å². The zero-order valence-electron chi connectivity index (χ0n) is 28.3. The maximum Gasteiger partial charge on any atom is 0.302 e. The van der Waals surface area contributed by atoms with Gasteiger partial charge in [-0.05, 0) is 111 Å². The quantitative estimate of drug-likeness (QED) is 0.273. The lowest BCUT2D eigenvalue weighted by molar-refractivity contribution is -0.223. The predicted molar refractivity (Wildman–Crippen MR) is 164 cm³/mol. The molecule has 5 fully saturated rings. The molecule has 0 aromatic heterocycles. The van der Waals surface area contributed by atoms with E-state index in [2.05, 4.69) is 41.5 Å². The molecule has 7 nitrogen and oxygen atoms in total. The second-order valence-electron chi connectivity index (χ2n) is 17.2. The number of hydrogen-bond acceptors (Lipinski definition) is 7. The number of ether oxygens (including phenoxy) is 3. The second kappa shape index (κ2) is 10.7. The monoisotopic (exact) mass is 602 g/mol. The molecule has 5 aliphatic carbocycles. The lowest BCUT2D eigenvalue weighted by Crippen LogP contribution is -2.63. The SMILES string of the molecule is CC(=O)OCC1(C)C(OC(C)=O)CCC2(C)C3CCC4C(O)(CCC5C(C)(C)C(OC(C)=O)CCC45C)CC3(C)CCC12. The maximum absolute atomic E-state index is 12.7. The third-order valence-electron chi connectivity index (χ3n) is 14.4. The van der Waals surface area contributed by atoms with Crippen molar-refractivity contribution in [3.63, 3.8) is 0 Å². The smallest absolute Gasteiger partial charge is 0.302 e. The summed E-state index contributed by atoms with van der Waals surface area (Å²) < 4.78 is 17.5. The van der Waals surface area contributed by atoms with Gasteiger partial charge in [-0.2, -0.15) is 0 Å². The standard InChI is InChI=1S/C36H58O7/c1-22(37)41-21-35(9)27-12-16-32(6)20-36(40)19-13-25-31(4,5)29(42-23(2)38)14-17-33(25,7)28(36)11-10-26(32)34(27,8)18-15-30(35)43-24(3)39/h25-30,40H,10-21H2,1-9H3.